The zero-order valence-electron chi connectivity index (χ0n) is 14.4. The highest BCUT2D eigenvalue weighted by Crippen LogP contribution is 2.10. The third-order valence-electron chi connectivity index (χ3n) is 3.84. The van der Waals surface area contributed by atoms with Crippen LogP contribution in [0.5, 0.6) is 0 Å². The SMILES string of the molecule is O=C(O)CCCCCCCC(=O)CC(O)C(=O)C=Cc1ccccc1. The van der Waals surface area contributed by atoms with Crippen molar-refractivity contribution in [2.45, 2.75) is 57.5 Å². The lowest BCUT2D eigenvalue weighted by Crippen LogP contribution is -2.22. The van der Waals surface area contributed by atoms with Gasteiger partial charge in [-0.3, -0.25) is 14.4 Å². The molecule has 5 heteroatoms. The van der Waals surface area contributed by atoms with Gasteiger partial charge in [0.15, 0.2) is 5.78 Å². The Hall–Kier alpha value is -2.27. The molecule has 0 saturated heterocycles. The van der Waals surface area contributed by atoms with E-state index < -0.39 is 17.9 Å². The number of benzene rings is 1. The Bertz CT molecular complexity index is 577. The molecule has 0 fully saturated rings. The van der Waals surface area contributed by atoms with Gasteiger partial charge >= 0.3 is 5.97 Å². The summed E-state index contributed by atoms with van der Waals surface area (Å²) in [4.78, 5) is 34.0. The van der Waals surface area contributed by atoms with Gasteiger partial charge in [-0.25, -0.2) is 0 Å². The Kier molecular flexibility index (Phi) is 10.1. The summed E-state index contributed by atoms with van der Waals surface area (Å²) in [5.41, 5.74) is 0.859. The van der Waals surface area contributed by atoms with Crippen molar-refractivity contribution in [3.05, 3.63) is 42.0 Å². The van der Waals surface area contributed by atoms with E-state index in [0.717, 1.165) is 24.8 Å². The number of ketones is 2. The van der Waals surface area contributed by atoms with Gasteiger partial charge in [-0.2, -0.15) is 0 Å². The van der Waals surface area contributed by atoms with Gasteiger partial charge in [0.25, 0.3) is 0 Å². The van der Waals surface area contributed by atoms with Crippen LogP contribution >= 0.6 is 0 Å². The molecule has 0 aliphatic carbocycles. The maximum Gasteiger partial charge on any atom is 0.303 e. The fourth-order valence-corrected chi connectivity index (χ4v) is 2.40. The van der Waals surface area contributed by atoms with Crippen molar-refractivity contribution in [1.82, 2.24) is 0 Å². The lowest BCUT2D eigenvalue weighted by Gasteiger charge is -2.06. The molecular formula is C20H26O5. The van der Waals surface area contributed by atoms with E-state index in [1.165, 1.54) is 6.08 Å². The Balaban J connectivity index is 2.17. The summed E-state index contributed by atoms with van der Waals surface area (Å²) in [5.74, 6) is -1.37. The van der Waals surface area contributed by atoms with E-state index in [9.17, 15) is 19.5 Å². The number of hydrogen-bond acceptors (Lipinski definition) is 4. The van der Waals surface area contributed by atoms with Crippen molar-refractivity contribution in [2.75, 3.05) is 0 Å². The minimum atomic E-state index is -1.29. The first-order valence-electron chi connectivity index (χ1n) is 8.67. The minimum absolute atomic E-state index is 0.125. The number of Topliss-reactive ketones (excluding diaryl/α,β-unsaturated/α-hetero) is 1. The van der Waals surface area contributed by atoms with E-state index in [1.807, 2.05) is 30.3 Å². The molecule has 0 spiro atoms. The fraction of sp³-hybridized carbons (Fsp3) is 0.450. The van der Waals surface area contributed by atoms with E-state index in [1.54, 1.807) is 6.08 Å². The molecule has 25 heavy (non-hydrogen) atoms. The van der Waals surface area contributed by atoms with Crippen LogP contribution in [-0.2, 0) is 14.4 Å². The topological polar surface area (TPSA) is 91.7 Å². The van der Waals surface area contributed by atoms with Crippen LogP contribution in [0.25, 0.3) is 6.08 Å². The lowest BCUT2D eigenvalue weighted by atomic mass is 10.0. The first kappa shape index (κ1) is 20.8. The number of aliphatic hydroxyl groups excluding tert-OH is 1. The lowest BCUT2D eigenvalue weighted by molar-refractivity contribution is -0.137. The Morgan fingerprint density at radius 2 is 1.52 bits per heavy atom. The summed E-state index contributed by atoms with van der Waals surface area (Å²) in [5, 5.41) is 18.3. The quantitative estimate of drug-likeness (QED) is 0.422. The van der Waals surface area contributed by atoms with Gasteiger partial charge in [-0.15, -0.1) is 0 Å². The van der Waals surface area contributed by atoms with Crippen LogP contribution in [0.3, 0.4) is 0 Å². The summed E-state index contributed by atoms with van der Waals surface area (Å²) < 4.78 is 0. The number of aliphatic hydroxyl groups is 1. The van der Waals surface area contributed by atoms with Crippen LogP contribution < -0.4 is 0 Å². The summed E-state index contributed by atoms with van der Waals surface area (Å²) in [6.07, 6.45) is 5.94. The Morgan fingerprint density at radius 1 is 0.920 bits per heavy atom. The highest BCUT2D eigenvalue weighted by molar-refractivity contribution is 5.99. The summed E-state index contributed by atoms with van der Waals surface area (Å²) in [7, 11) is 0. The molecule has 136 valence electrons. The molecule has 0 amide bonds. The second kappa shape index (κ2) is 12.1. The van der Waals surface area contributed by atoms with Gasteiger partial charge in [0.2, 0.25) is 0 Å². The molecule has 1 atom stereocenters. The van der Waals surface area contributed by atoms with Gasteiger partial charge < -0.3 is 10.2 Å². The molecule has 1 aromatic carbocycles. The van der Waals surface area contributed by atoms with Crippen LogP contribution in [-0.4, -0.2) is 33.9 Å². The number of carbonyl (C=O) groups is 3. The summed E-state index contributed by atoms with van der Waals surface area (Å²) in [6, 6.07) is 9.27. The minimum Gasteiger partial charge on any atom is -0.481 e. The average Bonchev–Trinajstić information content (AvgIpc) is 2.59. The predicted molar refractivity (Wildman–Crippen MR) is 96.1 cm³/mol. The van der Waals surface area contributed by atoms with Gasteiger partial charge in [0.1, 0.15) is 11.9 Å². The zero-order valence-corrected chi connectivity index (χ0v) is 14.4. The van der Waals surface area contributed by atoms with Crippen LogP contribution in [0.2, 0.25) is 0 Å². The van der Waals surface area contributed by atoms with Gasteiger partial charge in [0, 0.05) is 19.3 Å². The maximum absolute atomic E-state index is 11.8. The van der Waals surface area contributed by atoms with E-state index in [-0.39, 0.29) is 18.6 Å². The average molecular weight is 346 g/mol. The molecule has 5 nitrogen and oxygen atoms in total. The van der Waals surface area contributed by atoms with Crippen LogP contribution in [0.1, 0.15) is 56.9 Å². The van der Waals surface area contributed by atoms with Crippen LogP contribution in [0.15, 0.2) is 36.4 Å². The summed E-state index contributed by atoms with van der Waals surface area (Å²) in [6.45, 7) is 0. The number of rotatable bonds is 13. The van der Waals surface area contributed by atoms with Gasteiger partial charge in [0.05, 0.1) is 0 Å². The van der Waals surface area contributed by atoms with Crippen LogP contribution in [0.4, 0.5) is 0 Å². The number of aliphatic carboxylic acids is 1. The van der Waals surface area contributed by atoms with E-state index >= 15 is 0 Å². The molecule has 1 unspecified atom stereocenters. The Morgan fingerprint density at radius 3 is 2.16 bits per heavy atom. The smallest absolute Gasteiger partial charge is 0.303 e. The molecule has 0 aromatic heterocycles. The van der Waals surface area contributed by atoms with Crippen molar-refractivity contribution in [3.8, 4) is 0 Å². The fourth-order valence-electron chi connectivity index (χ4n) is 2.40. The van der Waals surface area contributed by atoms with Crippen molar-refractivity contribution in [3.63, 3.8) is 0 Å². The second-order valence-corrected chi connectivity index (χ2v) is 6.07. The maximum atomic E-state index is 11.8. The predicted octanol–water partition coefficient (Wildman–Crippen LogP) is 3.40. The normalized spacial score (nSPS) is 12.2. The first-order valence-corrected chi connectivity index (χ1v) is 8.67. The Labute approximate surface area is 148 Å². The molecule has 0 bridgehead atoms. The van der Waals surface area contributed by atoms with Gasteiger partial charge in [-0.1, -0.05) is 55.7 Å². The third-order valence-corrected chi connectivity index (χ3v) is 3.84. The monoisotopic (exact) mass is 346 g/mol. The first-order chi connectivity index (χ1) is 12.0. The standard InChI is InChI=1S/C20H26O5/c21-17(11-7-2-1-3-8-12-20(24)25)15-19(23)18(22)14-13-16-9-5-4-6-10-16/h4-6,9-10,13-14,19,23H,1-3,7-8,11-12,15H2,(H,24,25). The number of carboxylic acids is 1. The van der Waals surface area contributed by atoms with Gasteiger partial charge in [-0.05, 0) is 24.5 Å². The molecule has 0 aliphatic heterocycles. The second-order valence-electron chi connectivity index (χ2n) is 6.07. The molecule has 1 rings (SSSR count). The van der Waals surface area contributed by atoms with Crippen molar-refractivity contribution >= 4 is 23.6 Å². The van der Waals surface area contributed by atoms with E-state index in [4.69, 9.17) is 5.11 Å². The molecule has 0 heterocycles. The number of carbonyl (C=O) groups excluding carboxylic acids is 2. The summed E-state index contributed by atoms with van der Waals surface area (Å²) >= 11 is 0. The van der Waals surface area contributed by atoms with Crippen molar-refractivity contribution < 1.29 is 24.6 Å². The van der Waals surface area contributed by atoms with Crippen molar-refractivity contribution in [2.24, 2.45) is 0 Å². The van der Waals surface area contributed by atoms with Crippen LogP contribution in [0, 0.1) is 0 Å². The molecule has 1 aromatic rings. The van der Waals surface area contributed by atoms with Crippen molar-refractivity contribution in [1.29, 1.82) is 0 Å². The number of carboxylic acid groups (broad SMARTS) is 1. The highest BCUT2D eigenvalue weighted by Gasteiger charge is 2.16. The number of unbranched alkanes of at least 4 members (excludes halogenated alkanes) is 4. The van der Waals surface area contributed by atoms with E-state index in [2.05, 4.69) is 0 Å². The van der Waals surface area contributed by atoms with E-state index in [0.29, 0.717) is 19.3 Å². The number of hydrogen-bond donors (Lipinski definition) is 2. The highest BCUT2D eigenvalue weighted by atomic mass is 16.4. The molecular weight excluding hydrogens is 320 g/mol. The molecule has 2 N–H and O–H groups in total. The molecule has 0 aliphatic rings. The molecule has 0 radical (unpaired) electrons. The zero-order chi connectivity index (χ0) is 18.5. The largest absolute Gasteiger partial charge is 0.481 e. The third kappa shape index (κ3) is 10.2. The molecule has 0 saturated carbocycles.